The number of hydrogen-bond acceptors (Lipinski definition) is 4. The molecule has 1 amide bonds. The smallest absolute Gasteiger partial charge is 0.209 e. The van der Waals surface area contributed by atoms with Crippen molar-refractivity contribution in [3.8, 4) is 6.07 Å². The highest BCUT2D eigenvalue weighted by Gasteiger charge is 2.52. The largest absolute Gasteiger partial charge is 0.359 e. The summed E-state index contributed by atoms with van der Waals surface area (Å²) in [6.07, 6.45) is 1.88. The van der Waals surface area contributed by atoms with Gasteiger partial charge in [-0.15, -0.1) is 0 Å². The predicted molar refractivity (Wildman–Crippen MR) is 85.8 cm³/mol. The van der Waals surface area contributed by atoms with Crippen LogP contribution in [0.5, 0.6) is 0 Å². The van der Waals surface area contributed by atoms with Crippen molar-refractivity contribution in [1.29, 1.82) is 5.26 Å². The van der Waals surface area contributed by atoms with Crippen LogP contribution in [0.15, 0.2) is 6.07 Å². The predicted octanol–water partition coefficient (Wildman–Crippen LogP) is 3.11. The molecule has 1 spiro atoms. The molecular formula is C17H20ClN3O2. The van der Waals surface area contributed by atoms with Crippen molar-refractivity contribution < 1.29 is 9.53 Å². The van der Waals surface area contributed by atoms with E-state index in [-0.39, 0.29) is 6.10 Å². The van der Waals surface area contributed by atoms with Crippen LogP contribution in [-0.2, 0) is 15.1 Å². The molecule has 1 aromatic rings. The molecule has 0 radical (unpaired) electrons. The molecule has 0 aromatic carbocycles. The van der Waals surface area contributed by atoms with Crippen molar-refractivity contribution in [2.75, 3.05) is 13.1 Å². The van der Waals surface area contributed by atoms with Crippen LogP contribution in [0, 0.1) is 23.7 Å². The van der Waals surface area contributed by atoms with E-state index in [1.54, 1.807) is 4.90 Å². The lowest BCUT2D eigenvalue weighted by atomic mass is 9.82. The molecule has 0 saturated carbocycles. The van der Waals surface area contributed by atoms with Crippen molar-refractivity contribution in [2.24, 2.45) is 5.41 Å². The standard InChI is InChI=1S/C17H20ClN3O2/c1-11-13(18)8-12-14(20-11)17(4-6-21(10-22)7-5-17)23-15(12)16(2,3)9-19/h8,10,15H,4-7H2,1-3H3. The van der Waals surface area contributed by atoms with E-state index in [0.29, 0.717) is 31.0 Å². The fourth-order valence-corrected chi connectivity index (χ4v) is 3.60. The molecule has 6 heteroatoms. The lowest BCUT2D eigenvalue weighted by Gasteiger charge is -2.38. The Morgan fingerprint density at radius 2 is 2.17 bits per heavy atom. The first kappa shape index (κ1) is 16.2. The van der Waals surface area contributed by atoms with Crippen LogP contribution in [0.3, 0.4) is 0 Å². The van der Waals surface area contributed by atoms with Gasteiger partial charge in [0.25, 0.3) is 0 Å². The number of likely N-dealkylation sites (tertiary alicyclic amines) is 1. The summed E-state index contributed by atoms with van der Waals surface area (Å²) in [5.41, 5.74) is 1.36. The maximum absolute atomic E-state index is 11.0. The molecule has 1 aromatic heterocycles. The molecule has 1 fully saturated rings. The summed E-state index contributed by atoms with van der Waals surface area (Å²) in [7, 11) is 0. The van der Waals surface area contributed by atoms with Crippen LogP contribution >= 0.6 is 11.6 Å². The number of carbonyl (C=O) groups is 1. The molecule has 1 saturated heterocycles. The first-order chi connectivity index (χ1) is 10.8. The Morgan fingerprint density at radius 1 is 1.52 bits per heavy atom. The fraction of sp³-hybridized carbons (Fsp3) is 0.588. The van der Waals surface area contributed by atoms with Crippen molar-refractivity contribution >= 4 is 18.0 Å². The quantitative estimate of drug-likeness (QED) is 0.780. The minimum Gasteiger partial charge on any atom is -0.359 e. The van der Waals surface area contributed by atoms with Gasteiger partial charge in [0, 0.05) is 18.7 Å². The summed E-state index contributed by atoms with van der Waals surface area (Å²) >= 11 is 6.27. The lowest BCUT2D eigenvalue weighted by Crippen LogP contribution is -2.42. The summed E-state index contributed by atoms with van der Waals surface area (Å²) in [4.78, 5) is 17.4. The van der Waals surface area contributed by atoms with Crippen LogP contribution in [0.2, 0.25) is 5.02 Å². The molecule has 3 heterocycles. The maximum atomic E-state index is 11.0. The normalized spacial score (nSPS) is 22.7. The van der Waals surface area contributed by atoms with Gasteiger partial charge < -0.3 is 9.64 Å². The first-order valence-electron chi connectivity index (χ1n) is 7.79. The van der Waals surface area contributed by atoms with E-state index in [1.807, 2.05) is 26.8 Å². The second-order valence-electron chi connectivity index (χ2n) is 6.96. The highest BCUT2D eigenvalue weighted by Crippen LogP contribution is 2.54. The Labute approximate surface area is 141 Å². The van der Waals surface area contributed by atoms with Gasteiger partial charge in [-0.05, 0) is 39.7 Å². The Balaban J connectivity index is 2.08. The van der Waals surface area contributed by atoms with Gasteiger partial charge in [-0.3, -0.25) is 9.78 Å². The number of piperidine rings is 1. The Bertz CT molecular complexity index is 688. The lowest BCUT2D eigenvalue weighted by molar-refractivity contribution is -0.142. The number of amides is 1. The minimum atomic E-state index is -0.680. The monoisotopic (exact) mass is 333 g/mol. The number of nitrogens with zero attached hydrogens (tertiary/aromatic N) is 3. The van der Waals surface area contributed by atoms with E-state index in [0.717, 1.165) is 23.4 Å². The molecule has 0 N–H and O–H groups in total. The summed E-state index contributed by atoms with van der Waals surface area (Å²) in [5, 5.41) is 10.1. The molecule has 0 bridgehead atoms. The van der Waals surface area contributed by atoms with Crippen LogP contribution in [-0.4, -0.2) is 29.4 Å². The number of hydrogen-bond donors (Lipinski definition) is 0. The maximum Gasteiger partial charge on any atom is 0.209 e. The minimum absolute atomic E-state index is 0.365. The molecule has 3 rings (SSSR count). The summed E-state index contributed by atoms with van der Waals surface area (Å²) in [6, 6.07) is 4.23. The van der Waals surface area contributed by atoms with Crippen molar-refractivity contribution in [1.82, 2.24) is 9.88 Å². The zero-order valence-electron chi connectivity index (χ0n) is 13.6. The zero-order chi connectivity index (χ0) is 16.8. The SMILES string of the molecule is Cc1nc2c(cc1Cl)C(C(C)(C)C#N)OC21CCN(C=O)CC1. The third-order valence-corrected chi connectivity index (χ3v) is 5.32. The van der Waals surface area contributed by atoms with Gasteiger partial charge in [-0.1, -0.05) is 11.6 Å². The second kappa shape index (κ2) is 5.47. The van der Waals surface area contributed by atoms with E-state index in [9.17, 15) is 10.1 Å². The van der Waals surface area contributed by atoms with E-state index in [2.05, 4.69) is 6.07 Å². The summed E-state index contributed by atoms with van der Waals surface area (Å²) < 4.78 is 6.43. The molecule has 2 aliphatic rings. The molecule has 0 aliphatic carbocycles. The highest BCUT2D eigenvalue weighted by molar-refractivity contribution is 6.31. The number of aromatic nitrogens is 1. The molecular weight excluding hydrogens is 314 g/mol. The van der Waals surface area contributed by atoms with Crippen molar-refractivity contribution in [2.45, 2.75) is 45.3 Å². The molecule has 122 valence electrons. The molecule has 23 heavy (non-hydrogen) atoms. The number of halogens is 1. The van der Waals surface area contributed by atoms with Crippen LogP contribution in [0.25, 0.3) is 0 Å². The fourth-order valence-electron chi connectivity index (χ4n) is 3.44. The topological polar surface area (TPSA) is 66.2 Å². The number of carbonyl (C=O) groups excluding carboxylic acids is 1. The van der Waals surface area contributed by atoms with Crippen molar-refractivity contribution in [3.05, 3.63) is 28.0 Å². The van der Waals surface area contributed by atoms with E-state index in [1.165, 1.54) is 0 Å². The van der Waals surface area contributed by atoms with Gasteiger partial charge in [0.05, 0.1) is 27.9 Å². The van der Waals surface area contributed by atoms with Crippen molar-refractivity contribution in [3.63, 3.8) is 0 Å². The number of fused-ring (bicyclic) bond motifs is 2. The third kappa shape index (κ3) is 2.50. The number of nitriles is 1. The zero-order valence-corrected chi connectivity index (χ0v) is 14.4. The molecule has 2 aliphatic heterocycles. The van der Waals surface area contributed by atoms with Gasteiger partial charge in [-0.25, -0.2) is 0 Å². The van der Waals surface area contributed by atoms with Gasteiger partial charge in [0.15, 0.2) is 0 Å². The molecule has 1 atom stereocenters. The van der Waals surface area contributed by atoms with Gasteiger partial charge in [-0.2, -0.15) is 5.26 Å². The van der Waals surface area contributed by atoms with E-state index < -0.39 is 11.0 Å². The third-order valence-electron chi connectivity index (χ3n) is 4.94. The average molecular weight is 334 g/mol. The Kier molecular flexibility index (Phi) is 3.86. The second-order valence-corrected chi connectivity index (χ2v) is 7.37. The highest BCUT2D eigenvalue weighted by atomic mass is 35.5. The number of rotatable bonds is 2. The summed E-state index contributed by atoms with van der Waals surface area (Å²) in [6.45, 7) is 6.88. The average Bonchev–Trinajstić information content (AvgIpc) is 2.84. The Morgan fingerprint density at radius 3 is 2.74 bits per heavy atom. The van der Waals surface area contributed by atoms with Gasteiger partial charge in [0.1, 0.15) is 11.7 Å². The van der Waals surface area contributed by atoms with Crippen LogP contribution in [0.1, 0.15) is 49.7 Å². The Hall–Kier alpha value is -1.64. The molecule has 1 unspecified atom stereocenters. The van der Waals surface area contributed by atoms with Crippen LogP contribution in [0.4, 0.5) is 0 Å². The first-order valence-corrected chi connectivity index (χ1v) is 8.17. The molecule has 5 nitrogen and oxygen atoms in total. The van der Waals surface area contributed by atoms with Gasteiger partial charge in [0.2, 0.25) is 6.41 Å². The van der Waals surface area contributed by atoms with Crippen LogP contribution < -0.4 is 0 Å². The number of ether oxygens (including phenoxy) is 1. The number of pyridine rings is 1. The summed E-state index contributed by atoms with van der Waals surface area (Å²) in [5.74, 6) is 0. The van der Waals surface area contributed by atoms with E-state index >= 15 is 0 Å². The number of aryl methyl sites for hydroxylation is 1. The van der Waals surface area contributed by atoms with E-state index in [4.69, 9.17) is 21.3 Å². The van der Waals surface area contributed by atoms with Gasteiger partial charge >= 0.3 is 0 Å².